The Labute approximate surface area is 142 Å². The zero-order valence-electron chi connectivity index (χ0n) is 14.3. The lowest BCUT2D eigenvalue weighted by atomic mass is 9.97. The molecule has 0 spiro atoms. The van der Waals surface area contributed by atoms with E-state index >= 15 is 0 Å². The van der Waals surface area contributed by atoms with Crippen molar-refractivity contribution in [2.75, 3.05) is 18.5 Å². The molecule has 0 saturated heterocycles. The molecule has 1 N–H and O–H groups in total. The first kappa shape index (κ1) is 16.6. The fourth-order valence-electron chi connectivity index (χ4n) is 3.23. The van der Waals surface area contributed by atoms with Crippen LogP contribution in [0.25, 0.3) is 0 Å². The molecular weight excluding hydrogens is 304 g/mol. The maximum absolute atomic E-state index is 12.3. The van der Waals surface area contributed by atoms with Gasteiger partial charge in [-0.05, 0) is 57.2 Å². The maximum atomic E-state index is 12.3. The van der Waals surface area contributed by atoms with E-state index in [-0.39, 0.29) is 11.8 Å². The van der Waals surface area contributed by atoms with Gasteiger partial charge in [-0.3, -0.25) is 9.59 Å². The van der Waals surface area contributed by atoms with Crippen molar-refractivity contribution in [3.8, 4) is 5.75 Å². The van der Waals surface area contributed by atoms with Gasteiger partial charge in [0.1, 0.15) is 5.75 Å². The standard InChI is InChI=1S/C19H24N2O3/c1-13-19(23)21(2)16-9-8-15(12-17(16)24-13)18(22)20-11-10-14-6-4-3-5-7-14/h6,8-9,12-13H,3-5,7,10-11H2,1-2H3,(H,20,22). The molecule has 128 valence electrons. The van der Waals surface area contributed by atoms with E-state index in [1.54, 1.807) is 37.1 Å². The number of benzene rings is 1. The Morgan fingerprint density at radius 1 is 1.38 bits per heavy atom. The van der Waals surface area contributed by atoms with Gasteiger partial charge in [-0.15, -0.1) is 0 Å². The Balaban J connectivity index is 1.62. The number of amides is 2. The number of fused-ring (bicyclic) bond motifs is 1. The summed E-state index contributed by atoms with van der Waals surface area (Å²) in [5, 5.41) is 2.97. The average molecular weight is 328 g/mol. The Morgan fingerprint density at radius 2 is 2.21 bits per heavy atom. The van der Waals surface area contributed by atoms with E-state index in [1.165, 1.54) is 18.4 Å². The average Bonchev–Trinajstić information content (AvgIpc) is 2.60. The van der Waals surface area contributed by atoms with Crippen molar-refractivity contribution in [1.82, 2.24) is 5.32 Å². The summed E-state index contributed by atoms with van der Waals surface area (Å²) in [7, 11) is 1.72. The second kappa shape index (κ2) is 7.07. The first-order valence-electron chi connectivity index (χ1n) is 8.60. The van der Waals surface area contributed by atoms with Crippen molar-refractivity contribution >= 4 is 17.5 Å². The molecular formula is C19H24N2O3. The van der Waals surface area contributed by atoms with Crippen LogP contribution < -0.4 is 15.0 Å². The normalized spacial score (nSPS) is 20.1. The van der Waals surface area contributed by atoms with Crippen LogP contribution in [0.15, 0.2) is 29.8 Å². The number of allylic oxidation sites excluding steroid dienone is 1. The van der Waals surface area contributed by atoms with Crippen LogP contribution in [0.2, 0.25) is 0 Å². The van der Waals surface area contributed by atoms with E-state index in [4.69, 9.17) is 4.74 Å². The van der Waals surface area contributed by atoms with Gasteiger partial charge >= 0.3 is 0 Å². The lowest BCUT2D eigenvalue weighted by Gasteiger charge is -2.30. The molecule has 24 heavy (non-hydrogen) atoms. The number of hydrogen-bond acceptors (Lipinski definition) is 3. The summed E-state index contributed by atoms with van der Waals surface area (Å²) in [5.41, 5.74) is 2.70. The molecule has 1 atom stereocenters. The SMILES string of the molecule is CC1Oc2cc(C(=O)NCCC3=CCCCC3)ccc2N(C)C1=O. The minimum atomic E-state index is -0.529. The highest BCUT2D eigenvalue weighted by Crippen LogP contribution is 2.33. The minimum absolute atomic E-state index is 0.0829. The number of likely N-dealkylation sites (N-methyl/N-ethyl adjacent to an activating group) is 1. The highest BCUT2D eigenvalue weighted by molar-refractivity contribution is 6.01. The third-order valence-electron chi connectivity index (χ3n) is 4.68. The van der Waals surface area contributed by atoms with E-state index in [0.717, 1.165) is 19.3 Å². The van der Waals surface area contributed by atoms with E-state index in [9.17, 15) is 9.59 Å². The monoisotopic (exact) mass is 328 g/mol. The predicted octanol–water partition coefficient (Wildman–Crippen LogP) is 3.05. The van der Waals surface area contributed by atoms with Crippen molar-refractivity contribution in [1.29, 1.82) is 0 Å². The van der Waals surface area contributed by atoms with Gasteiger partial charge in [-0.25, -0.2) is 0 Å². The molecule has 0 bridgehead atoms. The first-order valence-corrected chi connectivity index (χ1v) is 8.60. The summed E-state index contributed by atoms with van der Waals surface area (Å²) < 4.78 is 5.62. The Morgan fingerprint density at radius 3 is 2.96 bits per heavy atom. The van der Waals surface area contributed by atoms with Gasteiger partial charge in [-0.1, -0.05) is 11.6 Å². The van der Waals surface area contributed by atoms with Gasteiger partial charge in [0.2, 0.25) is 0 Å². The van der Waals surface area contributed by atoms with Gasteiger partial charge in [0.25, 0.3) is 11.8 Å². The van der Waals surface area contributed by atoms with Crippen LogP contribution in [-0.2, 0) is 4.79 Å². The van der Waals surface area contributed by atoms with Crippen molar-refractivity contribution in [2.24, 2.45) is 0 Å². The highest BCUT2D eigenvalue weighted by Gasteiger charge is 2.29. The second-order valence-electron chi connectivity index (χ2n) is 6.45. The number of carbonyl (C=O) groups is 2. The molecule has 5 heteroatoms. The lowest BCUT2D eigenvalue weighted by Crippen LogP contribution is -2.42. The third-order valence-corrected chi connectivity index (χ3v) is 4.68. The molecule has 0 radical (unpaired) electrons. The van der Waals surface area contributed by atoms with Gasteiger partial charge < -0.3 is 15.0 Å². The van der Waals surface area contributed by atoms with E-state index in [1.807, 2.05) is 0 Å². The number of anilines is 1. The van der Waals surface area contributed by atoms with E-state index in [0.29, 0.717) is 23.5 Å². The second-order valence-corrected chi connectivity index (χ2v) is 6.45. The summed E-state index contributed by atoms with van der Waals surface area (Å²) in [6.45, 7) is 2.36. The van der Waals surface area contributed by atoms with Gasteiger partial charge in [0, 0.05) is 19.2 Å². The number of carbonyl (C=O) groups excluding carboxylic acids is 2. The Kier molecular flexibility index (Phi) is 4.88. The summed E-state index contributed by atoms with van der Waals surface area (Å²) in [4.78, 5) is 25.8. The predicted molar refractivity (Wildman–Crippen MR) is 93.4 cm³/mol. The molecule has 0 saturated carbocycles. The molecule has 2 amide bonds. The zero-order chi connectivity index (χ0) is 17.1. The van der Waals surface area contributed by atoms with Crippen LogP contribution in [0.1, 0.15) is 49.4 Å². The smallest absolute Gasteiger partial charge is 0.267 e. The Bertz CT molecular complexity index is 681. The molecule has 2 aliphatic rings. The maximum Gasteiger partial charge on any atom is 0.267 e. The van der Waals surface area contributed by atoms with Crippen LogP contribution in [0, 0.1) is 0 Å². The van der Waals surface area contributed by atoms with Crippen molar-refractivity contribution in [3.63, 3.8) is 0 Å². The third kappa shape index (κ3) is 3.45. The number of rotatable bonds is 4. The van der Waals surface area contributed by atoms with Gasteiger partial charge in [0.15, 0.2) is 6.10 Å². The topological polar surface area (TPSA) is 58.6 Å². The summed E-state index contributed by atoms with van der Waals surface area (Å²) in [6.07, 6.45) is 7.54. The molecule has 3 rings (SSSR count). The van der Waals surface area contributed by atoms with Gasteiger partial charge in [0.05, 0.1) is 5.69 Å². The number of nitrogens with zero attached hydrogens (tertiary/aromatic N) is 1. The largest absolute Gasteiger partial charge is 0.479 e. The summed E-state index contributed by atoms with van der Waals surface area (Å²) in [6, 6.07) is 5.21. The number of ether oxygens (including phenoxy) is 1. The molecule has 1 aliphatic heterocycles. The highest BCUT2D eigenvalue weighted by atomic mass is 16.5. The van der Waals surface area contributed by atoms with Crippen LogP contribution in [-0.4, -0.2) is 31.5 Å². The molecule has 5 nitrogen and oxygen atoms in total. The van der Waals surface area contributed by atoms with E-state index < -0.39 is 6.10 Å². The summed E-state index contributed by atoms with van der Waals surface area (Å²) in [5.74, 6) is 0.387. The van der Waals surface area contributed by atoms with Gasteiger partial charge in [-0.2, -0.15) is 0 Å². The van der Waals surface area contributed by atoms with Crippen molar-refractivity contribution in [3.05, 3.63) is 35.4 Å². The van der Waals surface area contributed by atoms with E-state index in [2.05, 4.69) is 11.4 Å². The quantitative estimate of drug-likeness (QED) is 0.864. The molecule has 1 aromatic rings. The zero-order valence-corrected chi connectivity index (χ0v) is 14.3. The van der Waals surface area contributed by atoms with Crippen molar-refractivity contribution in [2.45, 2.75) is 45.1 Å². The Hall–Kier alpha value is -2.30. The van der Waals surface area contributed by atoms with Crippen LogP contribution in [0.5, 0.6) is 5.75 Å². The van der Waals surface area contributed by atoms with Crippen LogP contribution in [0.4, 0.5) is 5.69 Å². The lowest BCUT2D eigenvalue weighted by molar-refractivity contribution is -0.125. The molecule has 1 heterocycles. The molecule has 0 fully saturated rings. The fraction of sp³-hybridized carbons (Fsp3) is 0.474. The van der Waals surface area contributed by atoms with Crippen LogP contribution in [0.3, 0.4) is 0 Å². The number of hydrogen-bond donors (Lipinski definition) is 1. The molecule has 1 unspecified atom stereocenters. The molecule has 1 aromatic carbocycles. The number of nitrogens with one attached hydrogen (secondary N) is 1. The molecule has 1 aliphatic carbocycles. The first-order chi connectivity index (χ1) is 11.6. The minimum Gasteiger partial charge on any atom is -0.479 e. The molecule has 0 aromatic heterocycles. The van der Waals surface area contributed by atoms with Crippen LogP contribution >= 0.6 is 0 Å². The summed E-state index contributed by atoms with van der Waals surface area (Å²) >= 11 is 0. The van der Waals surface area contributed by atoms with Crippen molar-refractivity contribution < 1.29 is 14.3 Å². The fourth-order valence-corrected chi connectivity index (χ4v) is 3.23.